The molecule has 0 N–H and O–H groups in total. The SMILES string of the molecule is O=C(OCC(=O)N1N=C(c2cccs2)C[C@H]1c1cccs1)c1ccncc1. The zero-order valence-electron chi connectivity index (χ0n) is 14.1. The van der Waals surface area contributed by atoms with E-state index in [0.29, 0.717) is 12.0 Å². The maximum Gasteiger partial charge on any atom is 0.338 e. The van der Waals surface area contributed by atoms with Gasteiger partial charge in [-0.05, 0) is 35.0 Å². The fraction of sp³-hybridized carbons (Fsp3) is 0.158. The van der Waals surface area contributed by atoms with Gasteiger partial charge in [0.05, 0.1) is 22.2 Å². The van der Waals surface area contributed by atoms with E-state index in [2.05, 4.69) is 10.1 Å². The molecule has 1 aliphatic rings. The molecule has 27 heavy (non-hydrogen) atoms. The fourth-order valence-corrected chi connectivity index (χ4v) is 4.33. The maximum atomic E-state index is 12.7. The molecule has 8 heteroatoms. The predicted molar refractivity (Wildman–Crippen MR) is 104 cm³/mol. The van der Waals surface area contributed by atoms with Crippen molar-refractivity contribution in [2.24, 2.45) is 5.10 Å². The molecule has 3 aromatic heterocycles. The molecule has 4 heterocycles. The molecular formula is C19H15N3O3S2. The van der Waals surface area contributed by atoms with Gasteiger partial charge in [-0.15, -0.1) is 22.7 Å². The third-order valence-corrected chi connectivity index (χ3v) is 5.98. The highest BCUT2D eigenvalue weighted by molar-refractivity contribution is 7.12. The summed E-state index contributed by atoms with van der Waals surface area (Å²) in [6.07, 6.45) is 3.65. The summed E-state index contributed by atoms with van der Waals surface area (Å²) in [7, 11) is 0. The second kappa shape index (κ2) is 7.81. The van der Waals surface area contributed by atoms with Crippen molar-refractivity contribution in [3.05, 3.63) is 74.9 Å². The number of thiophene rings is 2. The average molecular weight is 397 g/mol. The standard InChI is InChI=1S/C19H15N3O3S2/c23-18(12-25-19(24)13-5-7-20-8-6-13)22-15(17-4-2-10-27-17)11-14(21-22)16-3-1-9-26-16/h1-10,15H,11-12H2/t15-/m0/s1. The van der Waals surface area contributed by atoms with Crippen molar-refractivity contribution in [2.45, 2.75) is 12.5 Å². The summed E-state index contributed by atoms with van der Waals surface area (Å²) in [5.74, 6) is -0.901. The molecule has 1 atom stereocenters. The van der Waals surface area contributed by atoms with Crippen LogP contribution in [0.15, 0.2) is 64.7 Å². The van der Waals surface area contributed by atoms with Crippen LogP contribution in [0.2, 0.25) is 0 Å². The molecule has 0 spiro atoms. The van der Waals surface area contributed by atoms with Crippen molar-refractivity contribution in [2.75, 3.05) is 6.61 Å². The Morgan fingerprint density at radius 1 is 1.11 bits per heavy atom. The first kappa shape index (κ1) is 17.6. The summed E-state index contributed by atoms with van der Waals surface area (Å²) in [5.41, 5.74) is 1.23. The van der Waals surface area contributed by atoms with Gasteiger partial charge >= 0.3 is 5.97 Å². The van der Waals surface area contributed by atoms with Crippen molar-refractivity contribution < 1.29 is 14.3 Å². The summed E-state index contributed by atoms with van der Waals surface area (Å²) < 4.78 is 5.17. The Hall–Kier alpha value is -2.84. The van der Waals surface area contributed by atoms with Crippen LogP contribution in [0.5, 0.6) is 0 Å². The number of amides is 1. The topological polar surface area (TPSA) is 71.9 Å². The van der Waals surface area contributed by atoms with E-state index in [1.54, 1.807) is 34.8 Å². The molecule has 4 rings (SSSR count). The van der Waals surface area contributed by atoms with Gasteiger partial charge in [-0.25, -0.2) is 9.80 Å². The van der Waals surface area contributed by atoms with Gasteiger partial charge in [0.25, 0.3) is 5.91 Å². The Morgan fingerprint density at radius 2 is 1.89 bits per heavy atom. The maximum absolute atomic E-state index is 12.7. The van der Waals surface area contributed by atoms with Crippen LogP contribution in [0.4, 0.5) is 0 Å². The minimum Gasteiger partial charge on any atom is -0.452 e. The van der Waals surface area contributed by atoms with Crippen molar-refractivity contribution in [3.63, 3.8) is 0 Å². The number of esters is 1. The molecule has 0 saturated carbocycles. The van der Waals surface area contributed by atoms with Crippen LogP contribution in [0, 0.1) is 0 Å². The van der Waals surface area contributed by atoms with Crippen LogP contribution in [0.25, 0.3) is 0 Å². The number of hydrogen-bond acceptors (Lipinski definition) is 7. The van der Waals surface area contributed by atoms with E-state index in [9.17, 15) is 9.59 Å². The largest absolute Gasteiger partial charge is 0.452 e. The van der Waals surface area contributed by atoms with Gasteiger partial charge in [-0.1, -0.05) is 12.1 Å². The Labute approximate surface area is 163 Å². The number of aromatic nitrogens is 1. The van der Waals surface area contributed by atoms with E-state index in [4.69, 9.17) is 4.74 Å². The molecule has 3 aromatic rings. The third kappa shape index (κ3) is 3.81. The first-order chi connectivity index (χ1) is 13.2. The van der Waals surface area contributed by atoms with Gasteiger partial charge in [0.2, 0.25) is 0 Å². The Morgan fingerprint density at radius 3 is 2.59 bits per heavy atom. The lowest BCUT2D eigenvalue weighted by Gasteiger charge is -2.20. The molecule has 1 amide bonds. The smallest absolute Gasteiger partial charge is 0.338 e. The van der Waals surface area contributed by atoms with E-state index in [0.717, 1.165) is 15.5 Å². The Kier molecular flexibility index (Phi) is 5.08. The number of nitrogens with zero attached hydrogens (tertiary/aromatic N) is 3. The lowest BCUT2D eigenvalue weighted by atomic mass is 10.1. The van der Waals surface area contributed by atoms with Gasteiger partial charge in [0.1, 0.15) is 0 Å². The lowest BCUT2D eigenvalue weighted by Crippen LogP contribution is -2.31. The highest BCUT2D eigenvalue weighted by Gasteiger charge is 2.34. The number of carbonyl (C=O) groups is 2. The summed E-state index contributed by atoms with van der Waals surface area (Å²) in [6, 6.07) is 10.8. The zero-order chi connectivity index (χ0) is 18.6. The van der Waals surface area contributed by atoms with Crippen LogP contribution in [0.3, 0.4) is 0 Å². The number of rotatable bonds is 5. The average Bonchev–Trinajstić information content (AvgIpc) is 3.46. The summed E-state index contributed by atoms with van der Waals surface area (Å²) in [6.45, 7) is -0.357. The summed E-state index contributed by atoms with van der Waals surface area (Å²) >= 11 is 3.18. The highest BCUT2D eigenvalue weighted by atomic mass is 32.1. The van der Waals surface area contributed by atoms with Gasteiger partial charge in [0.15, 0.2) is 6.61 Å². The van der Waals surface area contributed by atoms with E-state index >= 15 is 0 Å². The van der Waals surface area contributed by atoms with Crippen molar-refractivity contribution >= 4 is 40.3 Å². The van der Waals surface area contributed by atoms with Crippen LogP contribution in [0.1, 0.15) is 32.6 Å². The van der Waals surface area contributed by atoms with Crippen LogP contribution in [-0.4, -0.2) is 34.2 Å². The van der Waals surface area contributed by atoms with Crippen molar-refractivity contribution in [1.82, 2.24) is 9.99 Å². The highest BCUT2D eigenvalue weighted by Crippen LogP contribution is 2.35. The third-order valence-electron chi connectivity index (χ3n) is 4.09. The van der Waals surface area contributed by atoms with Crippen molar-refractivity contribution in [3.8, 4) is 0 Å². The van der Waals surface area contributed by atoms with E-state index in [1.165, 1.54) is 17.4 Å². The monoisotopic (exact) mass is 397 g/mol. The molecule has 0 fully saturated rings. The minimum atomic E-state index is -0.555. The number of ether oxygens (including phenoxy) is 1. The summed E-state index contributed by atoms with van der Waals surface area (Å²) in [5, 5.41) is 9.94. The molecule has 0 radical (unpaired) electrons. The van der Waals surface area contributed by atoms with Gasteiger partial charge in [-0.2, -0.15) is 5.10 Å². The van der Waals surface area contributed by atoms with Gasteiger partial charge in [0, 0.05) is 23.7 Å². The molecule has 0 bridgehead atoms. The van der Waals surface area contributed by atoms with Crippen LogP contribution < -0.4 is 0 Å². The normalized spacial score (nSPS) is 16.2. The Bertz CT molecular complexity index is 954. The Balaban J connectivity index is 1.50. The second-order valence-corrected chi connectivity index (χ2v) is 7.74. The number of carbonyl (C=O) groups excluding carboxylic acids is 2. The van der Waals surface area contributed by atoms with Gasteiger partial charge < -0.3 is 4.74 Å². The first-order valence-corrected chi connectivity index (χ1v) is 10.0. The predicted octanol–water partition coefficient (Wildman–Crippen LogP) is 3.74. The molecule has 6 nitrogen and oxygen atoms in total. The lowest BCUT2D eigenvalue weighted by molar-refractivity contribution is -0.136. The molecule has 136 valence electrons. The van der Waals surface area contributed by atoms with Crippen LogP contribution in [-0.2, 0) is 9.53 Å². The van der Waals surface area contributed by atoms with E-state index < -0.39 is 5.97 Å². The minimum absolute atomic E-state index is 0.172. The molecule has 0 aliphatic carbocycles. The molecular weight excluding hydrogens is 382 g/mol. The quantitative estimate of drug-likeness (QED) is 0.615. The van der Waals surface area contributed by atoms with E-state index in [1.807, 2.05) is 35.0 Å². The van der Waals surface area contributed by atoms with Crippen molar-refractivity contribution in [1.29, 1.82) is 0 Å². The molecule has 0 unspecified atom stereocenters. The zero-order valence-corrected chi connectivity index (χ0v) is 15.8. The number of hydrazone groups is 1. The van der Waals surface area contributed by atoms with Crippen LogP contribution >= 0.6 is 22.7 Å². The van der Waals surface area contributed by atoms with Gasteiger partial charge in [-0.3, -0.25) is 9.78 Å². The molecule has 0 saturated heterocycles. The summed E-state index contributed by atoms with van der Waals surface area (Å²) in [4.78, 5) is 30.8. The molecule has 1 aliphatic heterocycles. The number of hydrogen-bond donors (Lipinski definition) is 0. The van der Waals surface area contributed by atoms with E-state index in [-0.39, 0.29) is 18.6 Å². The molecule has 0 aromatic carbocycles. The second-order valence-electron chi connectivity index (χ2n) is 5.81. The fourth-order valence-electron chi connectivity index (χ4n) is 2.80. The first-order valence-electron chi connectivity index (χ1n) is 8.26. The number of pyridine rings is 1.